The van der Waals surface area contributed by atoms with Gasteiger partial charge in [0.25, 0.3) is 0 Å². The zero-order valence-corrected chi connectivity index (χ0v) is 19.4. The van der Waals surface area contributed by atoms with Crippen LogP contribution in [0.3, 0.4) is 0 Å². The molecule has 0 unspecified atom stereocenters. The lowest BCUT2D eigenvalue weighted by Gasteiger charge is -2.31. The van der Waals surface area contributed by atoms with Crippen LogP contribution in [-0.2, 0) is 0 Å². The van der Waals surface area contributed by atoms with Crippen LogP contribution in [0.4, 0.5) is 0 Å². The Morgan fingerprint density at radius 1 is 0.593 bits per heavy atom. The van der Waals surface area contributed by atoms with Crippen LogP contribution in [0.25, 0.3) is 0 Å². The second-order valence-corrected chi connectivity index (χ2v) is 10.8. The number of rotatable bonds is 6. The molecule has 0 aliphatic rings. The molecule has 0 fully saturated rings. The minimum Gasteiger partial charge on any atom is -1.00 e. The van der Waals surface area contributed by atoms with E-state index in [0.29, 0.717) is 0 Å². The van der Waals surface area contributed by atoms with Gasteiger partial charge < -0.3 is 17.0 Å². The minimum absolute atomic E-state index is 0. The molecule has 0 aliphatic carbocycles. The predicted molar refractivity (Wildman–Crippen MR) is 119 cm³/mol. The van der Waals surface area contributed by atoms with Crippen molar-refractivity contribution in [2.24, 2.45) is 0 Å². The van der Waals surface area contributed by atoms with E-state index in [4.69, 9.17) is 0 Å². The third-order valence-corrected chi connectivity index (χ3v) is 10.4. The van der Waals surface area contributed by atoms with Crippen molar-refractivity contribution in [3.8, 4) is 0 Å². The molecule has 0 N–H and O–H groups in total. The maximum absolute atomic E-state index is 2.39. The van der Waals surface area contributed by atoms with Crippen LogP contribution in [-0.4, -0.2) is 6.16 Å². The molecule has 0 nitrogen and oxygen atoms in total. The SMILES string of the molecule is CCCC[P+](c1ccccc1C)(c1ccccc1C)c1ccccc1C.[Br-]. The Morgan fingerprint density at radius 3 is 1.22 bits per heavy atom. The summed E-state index contributed by atoms with van der Waals surface area (Å²) in [5.41, 5.74) is 4.26. The van der Waals surface area contributed by atoms with Crippen molar-refractivity contribution in [1.82, 2.24) is 0 Å². The maximum Gasteiger partial charge on any atom is 0.112 e. The highest BCUT2D eigenvalue weighted by atomic mass is 79.9. The molecule has 0 amide bonds. The van der Waals surface area contributed by atoms with E-state index in [1.165, 1.54) is 35.7 Å². The first-order valence-corrected chi connectivity index (χ1v) is 11.7. The summed E-state index contributed by atoms with van der Waals surface area (Å²) in [4.78, 5) is 0. The first-order valence-electron chi connectivity index (χ1n) is 9.68. The summed E-state index contributed by atoms with van der Waals surface area (Å²) in [7, 11) is -1.68. The molecule has 27 heavy (non-hydrogen) atoms. The molecule has 0 saturated carbocycles. The second kappa shape index (κ2) is 9.67. The molecule has 142 valence electrons. The van der Waals surface area contributed by atoms with E-state index in [1.807, 2.05) is 0 Å². The van der Waals surface area contributed by atoms with Gasteiger partial charge in [-0.1, -0.05) is 67.9 Å². The van der Waals surface area contributed by atoms with Gasteiger partial charge in [0, 0.05) is 0 Å². The summed E-state index contributed by atoms with van der Waals surface area (Å²) in [6.45, 7) is 9.16. The van der Waals surface area contributed by atoms with Crippen LogP contribution in [0, 0.1) is 20.8 Å². The molecule has 2 heteroatoms. The van der Waals surface area contributed by atoms with Crippen molar-refractivity contribution in [3.63, 3.8) is 0 Å². The Labute approximate surface area is 176 Å². The summed E-state index contributed by atoms with van der Waals surface area (Å²) in [6, 6.07) is 27.2. The molecule has 3 aromatic carbocycles. The van der Waals surface area contributed by atoms with Crippen molar-refractivity contribution in [2.75, 3.05) is 6.16 Å². The molecule has 3 rings (SSSR count). The van der Waals surface area contributed by atoms with E-state index < -0.39 is 7.26 Å². The lowest BCUT2D eigenvalue weighted by molar-refractivity contribution is -0.00000541. The van der Waals surface area contributed by atoms with E-state index in [0.717, 1.165) is 0 Å². The summed E-state index contributed by atoms with van der Waals surface area (Å²) < 4.78 is 0. The average Bonchev–Trinajstić information content (AvgIpc) is 2.65. The van der Waals surface area contributed by atoms with E-state index in [9.17, 15) is 0 Å². The predicted octanol–water partition coefficient (Wildman–Crippen LogP) is 2.71. The highest BCUT2D eigenvalue weighted by Gasteiger charge is 2.47. The van der Waals surface area contributed by atoms with E-state index >= 15 is 0 Å². The molecule has 0 heterocycles. The van der Waals surface area contributed by atoms with Gasteiger partial charge in [-0.3, -0.25) is 0 Å². The molecular formula is C25H30BrP. The molecule has 3 aromatic rings. The number of unbranched alkanes of at least 4 members (excludes halogenated alkanes) is 1. The van der Waals surface area contributed by atoms with Crippen LogP contribution in [0.15, 0.2) is 72.8 Å². The number of aryl methyl sites for hydroxylation is 3. The molecule has 0 aromatic heterocycles. The maximum atomic E-state index is 2.39. The van der Waals surface area contributed by atoms with Crippen molar-refractivity contribution < 1.29 is 17.0 Å². The monoisotopic (exact) mass is 440 g/mol. The van der Waals surface area contributed by atoms with Gasteiger partial charge in [0.15, 0.2) is 0 Å². The van der Waals surface area contributed by atoms with Gasteiger partial charge in [-0.25, -0.2) is 0 Å². The molecule has 0 saturated heterocycles. The van der Waals surface area contributed by atoms with Gasteiger partial charge in [-0.15, -0.1) is 0 Å². The zero-order chi connectivity index (χ0) is 18.6. The first-order chi connectivity index (χ1) is 12.6. The van der Waals surface area contributed by atoms with Crippen molar-refractivity contribution in [1.29, 1.82) is 0 Å². The Kier molecular flexibility index (Phi) is 7.83. The smallest absolute Gasteiger partial charge is 0.112 e. The first kappa shape index (κ1) is 21.9. The number of hydrogen-bond donors (Lipinski definition) is 0. The van der Waals surface area contributed by atoms with Crippen LogP contribution in [0.5, 0.6) is 0 Å². The van der Waals surface area contributed by atoms with Gasteiger partial charge in [-0.05, 0) is 62.1 Å². The summed E-state index contributed by atoms with van der Waals surface area (Å²) >= 11 is 0. The number of halogens is 1. The minimum atomic E-state index is -1.68. The third kappa shape index (κ3) is 4.20. The molecule has 0 radical (unpaired) electrons. The van der Waals surface area contributed by atoms with Gasteiger partial charge in [0.05, 0.1) is 6.16 Å². The fraction of sp³-hybridized carbons (Fsp3) is 0.280. The van der Waals surface area contributed by atoms with E-state index in [2.05, 4.69) is 100 Å². The van der Waals surface area contributed by atoms with Crippen molar-refractivity contribution >= 4 is 23.2 Å². The lowest BCUT2D eigenvalue weighted by atomic mass is 10.2. The van der Waals surface area contributed by atoms with Gasteiger partial charge in [-0.2, -0.15) is 0 Å². The molecule has 0 bridgehead atoms. The van der Waals surface area contributed by atoms with Gasteiger partial charge in [0.1, 0.15) is 23.2 Å². The number of hydrogen-bond acceptors (Lipinski definition) is 0. The molecule has 0 aliphatic heterocycles. The second-order valence-electron chi connectivity index (χ2n) is 7.25. The molecule has 0 spiro atoms. The van der Waals surface area contributed by atoms with E-state index in [-0.39, 0.29) is 17.0 Å². The average molecular weight is 441 g/mol. The fourth-order valence-corrected chi connectivity index (χ4v) is 9.46. The van der Waals surface area contributed by atoms with Gasteiger partial charge in [0.2, 0.25) is 0 Å². The Bertz CT molecular complexity index is 774. The van der Waals surface area contributed by atoms with E-state index in [1.54, 1.807) is 15.9 Å². The summed E-state index contributed by atoms with van der Waals surface area (Å²) in [5, 5.41) is 4.66. The van der Waals surface area contributed by atoms with Crippen LogP contribution < -0.4 is 32.9 Å². The Balaban J connectivity index is 0.00000261. The van der Waals surface area contributed by atoms with Crippen LogP contribution in [0.2, 0.25) is 0 Å². The van der Waals surface area contributed by atoms with Crippen molar-refractivity contribution in [3.05, 3.63) is 89.5 Å². The van der Waals surface area contributed by atoms with Crippen molar-refractivity contribution in [2.45, 2.75) is 40.5 Å². The largest absolute Gasteiger partial charge is 1.00 e. The Hall–Kier alpha value is -1.43. The standard InChI is InChI=1S/C25H30P.BrH/c1-5-6-19-26(23-16-10-7-13-20(23)2,24-17-11-8-14-21(24)3)25-18-12-9-15-22(25)4;/h7-18H,5-6,19H2,1-4H3;1H/q+1;/p-1. The fourth-order valence-electron chi connectivity index (χ4n) is 4.12. The normalized spacial score (nSPS) is 11.1. The highest BCUT2D eigenvalue weighted by molar-refractivity contribution is 7.96. The summed E-state index contributed by atoms with van der Waals surface area (Å²) in [6.07, 6.45) is 3.72. The zero-order valence-electron chi connectivity index (χ0n) is 16.9. The molecule has 0 atom stereocenters. The van der Waals surface area contributed by atoms with Crippen LogP contribution >= 0.6 is 7.26 Å². The lowest BCUT2D eigenvalue weighted by Crippen LogP contribution is -3.00. The van der Waals surface area contributed by atoms with Crippen LogP contribution in [0.1, 0.15) is 36.5 Å². The van der Waals surface area contributed by atoms with Gasteiger partial charge >= 0.3 is 0 Å². The summed E-state index contributed by atoms with van der Waals surface area (Å²) in [5.74, 6) is 0. The topological polar surface area (TPSA) is 0 Å². The quantitative estimate of drug-likeness (QED) is 0.517. The Morgan fingerprint density at radius 2 is 0.926 bits per heavy atom. The highest BCUT2D eigenvalue weighted by Crippen LogP contribution is 2.57. The third-order valence-electron chi connectivity index (χ3n) is 5.43. The molecular weight excluding hydrogens is 411 g/mol. The number of benzene rings is 3.